The van der Waals surface area contributed by atoms with E-state index in [4.69, 9.17) is 16.3 Å². The van der Waals surface area contributed by atoms with Gasteiger partial charge in [-0.2, -0.15) is 0 Å². The minimum atomic E-state index is -1.39. The average Bonchev–Trinajstić information content (AvgIpc) is 2.44. The van der Waals surface area contributed by atoms with Crippen LogP contribution in [0.5, 0.6) is 0 Å². The van der Waals surface area contributed by atoms with Crippen molar-refractivity contribution in [2.75, 3.05) is 19.7 Å². The van der Waals surface area contributed by atoms with Crippen molar-refractivity contribution in [2.45, 2.75) is 32.4 Å². The van der Waals surface area contributed by atoms with E-state index in [1.54, 1.807) is 20.8 Å². The van der Waals surface area contributed by atoms with E-state index in [-0.39, 0.29) is 6.61 Å². The van der Waals surface area contributed by atoms with E-state index in [1.807, 2.05) is 0 Å². The first-order chi connectivity index (χ1) is 11.0. The SMILES string of the molecule is C#CCOC(=O)NCC(=O)NC[C@H](NC(=O)OC(C)(C)C)C(=O)O. The van der Waals surface area contributed by atoms with E-state index in [0.29, 0.717) is 0 Å². The maximum Gasteiger partial charge on any atom is 0.408 e. The number of carbonyl (C=O) groups is 4. The number of rotatable bonds is 7. The van der Waals surface area contributed by atoms with Crippen LogP contribution in [0.3, 0.4) is 0 Å². The van der Waals surface area contributed by atoms with Gasteiger partial charge in [0.1, 0.15) is 11.6 Å². The molecule has 0 bridgehead atoms. The number of aliphatic carboxylic acids is 1. The third-order valence-electron chi connectivity index (χ3n) is 2.17. The molecule has 0 rings (SSSR count). The lowest BCUT2D eigenvalue weighted by Gasteiger charge is -2.22. The Bertz CT molecular complexity index is 519. The van der Waals surface area contributed by atoms with Crippen molar-refractivity contribution in [3.63, 3.8) is 0 Å². The molecule has 24 heavy (non-hydrogen) atoms. The Morgan fingerprint density at radius 2 is 1.79 bits per heavy atom. The van der Waals surface area contributed by atoms with Crippen molar-refractivity contribution < 1.29 is 33.8 Å². The Morgan fingerprint density at radius 1 is 1.17 bits per heavy atom. The highest BCUT2D eigenvalue weighted by molar-refractivity contribution is 5.84. The van der Waals surface area contributed by atoms with Crippen LogP contribution in [0.1, 0.15) is 20.8 Å². The van der Waals surface area contributed by atoms with Gasteiger partial charge in [0.05, 0.1) is 6.54 Å². The maximum atomic E-state index is 11.5. The van der Waals surface area contributed by atoms with E-state index in [9.17, 15) is 19.2 Å². The molecule has 0 radical (unpaired) electrons. The number of carbonyl (C=O) groups excluding carboxylic acids is 3. The predicted molar refractivity (Wildman–Crippen MR) is 82.0 cm³/mol. The lowest BCUT2D eigenvalue weighted by atomic mass is 10.2. The van der Waals surface area contributed by atoms with Crippen LogP contribution >= 0.6 is 0 Å². The van der Waals surface area contributed by atoms with Gasteiger partial charge in [-0.15, -0.1) is 6.42 Å². The number of terminal acetylenes is 1. The number of hydrogen-bond donors (Lipinski definition) is 4. The van der Waals surface area contributed by atoms with Gasteiger partial charge < -0.3 is 30.5 Å². The van der Waals surface area contributed by atoms with Crippen LogP contribution in [0.15, 0.2) is 0 Å². The number of carboxylic acids is 1. The fourth-order valence-electron chi connectivity index (χ4n) is 1.24. The van der Waals surface area contributed by atoms with Crippen LogP contribution < -0.4 is 16.0 Å². The van der Waals surface area contributed by atoms with Crippen molar-refractivity contribution >= 4 is 24.1 Å². The molecule has 1 atom stereocenters. The summed E-state index contributed by atoms with van der Waals surface area (Å²) in [7, 11) is 0. The van der Waals surface area contributed by atoms with Crippen molar-refractivity contribution in [1.29, 1.82) is 0 Å². The minimum Gasteiger partial charge on any atom is -0.480 e. The average molecular weight is 343 g/mol. The topological polar surface area (TPSA) is 143 Å². The zero-order valence-corrected chi connectivity index (χ0v) is 13.7. The monoisotopic (exact) mass is 343 g/mol. The van der Waals surface area contributed by atoms with E-state index in [0.717, 1.165) is 0 Å². The summed E-state index contributed by atoms with van der Waals surface area (Å²) in [5.74, 6) is 0.0373. The van der Waals surface area contributed by atoms with E-state index < -0.39 is 48.8 Å². The number of carboxylic acid groups (broad SMARTS) is 1. The second kappa shape index (κ2) is 9.94. The Balaban J connectivity index is 4.28. The highest BCUT2D eigenvalue weighted by Crippen LogP contribution is 2.06. The lowest BCUT2D eigenvalue weighted by Crippen LogP contribution is -2.50. The molecule has 0 heterocycles. The van der Waals surface area contributed by atoms with Crippen LogP contribution in [-0.4, -0.2) is 60.5 Å². The third-order valence-corrected chi connectivity index (χ3v) is 2.17. The lowest BCUT2D eigenvalue weighted by molar-refractivity contribution is -0.139. The van der Waals surface area contributed by atoms with E-state index in [2.05, 4.69) is 26.6 Å². The summed E-state index contributed by atoms with van der Waals surface area (Å²) in [6, 6.07) is -1.39. The summed E-state index contributed by atoms with van der Waals surface area (Å²) >= 11 is 0. The standard InChI is InChI=1S/C14H21N3O7/c1-5-6-23-12(21)16-8-10(18)15-7-9(11(19)20)17-13(22)24-14(2,3)4/h1,9H,6-8H2,2-4H3,(H,15,18)(H,16,21)(H,17,22)(H,19,20)/t9-/m0/s1. The van der Waals surface area contributed by atoms with Crippen molar-refractivity contribution in [3.8, 4) is 12.3 Å². The van der Waals surface area contributed by atoms with Crippen LogP contribution in [-0.2, 0) is 19.1 Å². The first kappa shape index (κ1) is 21.0. The van der Waals surface area contributed by atoms with Gasteiger partial charge >= 0.3 is 18.2 Å². The van der Waals surface area contributed by atoms with Crippen LogP contribution in [0, 0.1) is 12.3 Å². The second-order valence-corrected chi connectivity index (χ2v) is 5.47. The third kappa shape index (κ3) is 10.7. The number of hydrogen-bond acceptors (Lipinski definition) is 6. The van der Waals surface area contributed by atoms with Gasteiger partial charge in [-0.25, -0.2) is 14.4 Å². The molecule has 0 aromatic carbocycles. The molecular weight excluding hydrogens is 322 g/mol. The summed E-state index contributed by atoms with van der Waals surface area (Å²) in [5, 5.41) is 15.5. The summed E-state index contributed by atoms with van der Waals surface area (Å²) in [4.78, 5) is 45.2. The largest absolute Gasteiger partial charge is 0.480 e. The molecule has 10 heteroatoms. The highest BCUT2D eigenvalue weighted by Gasteiger charge is 2.24. The summed E-state index contributed by atoms with van der Waals surface area (Å²) in [6.45, 7) is 3.78. The molecule has 4 N–H and O–H groups in total. The molecule has 0 aromatic heterocycles. The molecule has 0 aliphatic carbocycles. The molecule has 10 nitrogen and oxygen atoms in total. The van der Waals surface area contributed by atoms with Gasteiger partial charge in [0.15, 0.2) is 6.61 Å². The van der Waals surface area contributed by atoms with Gasteiger partial charge in [0.25, 0.3) is 0 Å². The molecule has 0 aliphatic heterocycles. The smallest absolute Gasteiger partial charge is 0.408 e. The second-order valence-electron chi connectivity index (χ2n) is 5.47. The number of alkyl carbamates (subject to hydrolysis) is 2. The molecule has 0 aromatic rings. The first-order valence-electron chi connectivity index (χ1n) is 6.88. The zero-order valence-electron chi connectivity index (χ0n) is 13.7. The van der Waals surface area contributed by atoms with Gasteiger partial charge in [-0.3, -0.25) is 4.79 Å². The molecule has 0 aliphatic rings. The summed E-state index contributed by atoms with van der Waals surface area (Å²) < 4.78 is 9.40. The Labute approximate surface area is 139 Å². The first-order valence-corrected chi connectivity index (χ1v) is 6.88. The van der Waals surface area contributed by atoms with E-state index in [1.165, 1.54) is 0 Å². The van der Waals surface area contributed by atoms with Crippen LogP contribution in [0.25, 0.3) is 0 Å². The Hall–Kier alpha value is -2.96. The van der Waals surface area contributed by atoms with Crippen molar-refractivity contribution in [1.82, 2.24) is 16.0 Å². The Kier molecular flexibility index (Phi) is 8.71. The molecule has 3 amide bonds. The summed E-state index contributed by atoms with van der Waals surface area (Å²) in [6.07, 6.45) is 3.07. The number of ether oxygens (including phenoxy) is 2. The normalized spacial score (nSPS) is 11.4. The minimum absolute atomic E-state index is 0.242. The number of nitrogens with one attached hydrogen (secondary N) is 3. The van der Waals surface area contributed by atoms with Crippen molar-refractivity contribution in [2.24, 2.45) is 0 Å². The van der Waals surface area contributed by atoms with E-state index >= 15 is 0 Å². The molecule has 0 spiro atoms. The molecule has 134 valence electrons. The molecular formula is C14H21N3O7. The molecule has 0 saturated carbocycles. The van der Waals surface area contributed by atoms with Crippen LogP contribution in [0.4, 0.5) is 9.59 Å². The van der Waals surface area contributed by atoms with Gasteiger partial charge in [-0.05, 0) is 20.8 Å². The molecule has 0 saturated heterocycles. The maximum absolute atomic E-state index is 11.5. The Morgan fingerprint density at radius 3 is 2.29 bits per heavy atom. The predicted octanol–water partition coefficient (Wildman–Crippen LogP) is -0.560. The van der Waals surface area contributed by atoms with Crippen molar-refractivity contribution in [3.05, 3.63) is 0 Å². The quantitative estimate of drug-likeness (QED) is 0.454. The fourth-order valence-corrected chi connectivity index (χ4v) is 1.24. The van der Waals surface area contributed by atoms with Crippen LogP contribution in [0.2, 0.25) is 0 Å². The number of amides is 3. The zero-order chi connectivity index (χ0) is 18.8. The molecule has 0 unspecified atom stereocenters. The summed E-state index contributed by atoms with van der Waals surface area (Å²) in [5.41, 5.74) is -0.793. The fraction of sp³-hybridized carbons (Fsp3) is 0.571. The highest BCUT2D eigenvalue weighted by atomic mass is 16.6. The van der Waals surface area contributed by atoms with Gasteiger partial charge in [0, 0.05) is 6.54 Å². The molecule has 0 fully saturated rings. The van der Waals surface area contributed by atoms with Gasteiger partial charge in [0.2, 0.25) is 5.91 Å². The van der Waals surface area contributed by atoms with Gasteiger partial charge in [-0.1, -0.05) is 5.92 Å².